The van der Waals surface area contributed by atoms with Crippen LogP contribution in [0, 0.1) is 40.5 Å². The predicted molar refractivity (Wildman–Crippen MR) is 232 cm³/mol. The van der Waals surface area contributed by atoms with E-state index in [0.717, 1.165) is 17.6 Å². The first-order chi connectivity index (χ1) is 26.9. The molecule has 11 rings (SSSR count). The van der Waals surface area contributed by atoms with Crippen molar-refractivity contribution < 1.29 is 13.6 Å². The maximum atomic E-state index is 7.24. The Bertz CT molecular complexity index is 3020. The molecule has 1 saturated carbocycles. The lowest BCUT2D eigenvalue weighted by molar-refractivity contribution is -0.837. The summed E-state index contributed by atoms with van der Waals surface area (Å²) in [5.41, 5.74) is 18.8. The van der Waals surface area contributed by atoms with Crippen molar-refractivity contribution in [2.45, 2.75) is 84.7 Å². The molecule has 56 heavy (non-hydrogen) atoms. The number of hydrogen-bond donors (Lipinski definition) is 0. The van der Waals surface area contributed by atoms with Crippen LogP contribution in [0.5, 0.6) is 0 Å². The average molecular weight is 749 g/mol. The fourth-order valence-corrected chi connectivity index (χ4v) is 12.5. The first kappa shape index (κ1) is 34.0. The molecular weight excluding hydrogens is 701 g/mol. The third-order valence-electron chi connectivity index (χ3n) is 14.0. The number of nitrogens with zero attached hydrogens (tertiary/aromatic N) is 2. The number of thiophene rings is 1. The van der Waals surface area contributed by atoms with Crippen LogP contribution in [0.25, 0.3) is 65.7 Å². The summed E-state index contributed by atoms with van der Waals surface area (Å²) < 4.78 is 13.8. The van der Waals surface area contributed by atoms with Crippen LogP contribution in [0.1, 0.15) is 76.6 Å². The summed E-state index contributed by atoms with van der Waals surface area (Å²) in [6.07, 6.45) is 8.11. The van der Waals surface area contributed by atoms with Crippen LogP contribution in [-0.4, -0.2) is 0 Å². The molecule has 0 radical (unpaired) electrons. The predicted octanol–water partition coefficient (Wildman–Crippen LogP) is 12.6. The number of fused-ring (bicyclic) bond motifs is 17. The highest BCUT2D eigenvalue weighted by Gasteiger charge is 2.76. The molecule has 4 unspecified atom stereocenters. The Morgan fingerprint density at radius 2 is 1.50 bits per heavy atom. The zero-order chi connectivity index (χ0) is 38.6. The van der Waals surface area contributed by atoms with Crippen LogP contribution in [0.4, 0.5) is 0 Å². The van der Waals surface area contributed by atoms with Gasteiger partial charge in [0.05, 0.1) is 21.4 Å². The smallest absolute Gasteiger partial charge is 0.217 e. The highest BCUT2D eigenvalue weighted by atomic mass is 32.1. The lowest BCUT2D eigenvalue weighted by Gasteiger charge is -2.56. The van der Waals surface area contributed by atoms with E-state index in [9.17, 15) is 0 Å². The molecule has 0 N–H and O–H groups in total. The van der Waals surface area contributed by atoms with Crippen molar-refractivity contribution in [3.63, 3.8) is 0 Å². The SMILES string of the molecule is C=CC1C2C(c3ccccc3-c3ccc(C)c[n+]32)C12Cc1ccc3c(oc4c3ccc3c(C)c(C)sc34)c1-c1cc(C(C)(C)C)c(-c3c(C)cccc3C)c[n+]12. The molecule has 4 aromatic heterocycles. The summed E-state index contributed by atoms with van der Waals surface area (Å²) in [5, 5.41) is 3.69. The van der Waals surface area contributed by atoms with Gasteiger partial charge in [-0.3, -0.25) is 0 Å². The van der Waals surface area contributed by atoms with Crippen LogP contribution in [0.2, 0.25) is 0 Å². The van der Waals surface area contributed by atoms with Crippen LogP contribution in [-0.2, 0) is 17.4 Å². The molecule has 0 amide bonds. The van der Waals surface area contributed by atoms with E-state index in [0.29, 0.717) is 0 Å². The molecule has 4 atom stereocenters. The monoisotopic (exact) mass is 748 g/mol. The first-order valence-electron chi connectivity index (χ1n) is 20.2. The van der Waals surface area contributed by atoms with E-state index in [1.54, 1.807) is 0 Å². The minimum absolute atomic E-state index is 0.117. The summed E-state index contributed by atoms with van der Waals surface area (Å²) >= 11 is 1.86. The third-order valence-corrected chi connectivity index (χ3v) is 15.2. The molecule has 0 bridgehead atoms. The number of rotatable bonds is 2. The fourth-order valence-electron chi connectivity index (χ4n) is 11.4. The lowest BCUT2D eigenvalue weighted by atomic mass is 9.48. The van der Waals surface area contributed by atoms with Gasteiger partial charge in [-0.05, 0) is 103 Å². The van der Waals surface area contributed by atoms with E-state index in [1.807, 2.05) is 11.3 Å². The fraction of sp³-hybridized carbons (Fsp3) is 0.269. The average Bonchev–Trinajstić information content (AvgIpc) is 3.69. The zero-order valence-corrected chi connectivity index (χ0v) is 34.5. The maximum absolute atomic E-state index is 7.24. The van der Waals surface area contributed by atoms with Crippen molar-refractivity contribution in [3.8, 4) is 33.6 Å². The van der Waals surface area contributed by atoms with Gasteiger partial charge in [-0.1, -0.05) is 81.4 Å². The molecule has 276 valence electrons. The van der Waals surface area contributed by atoms with E-state index >= 15 is 0 Å². The normalized spacial score (nSPS) is 20.8. The molecule has 4 heteroatoms. The van der Waals surface area contributed by atoms with Crippen LogP contribution in [0.15, 0.2) is 114 Å². The van der Waals surface area contributed by atoms with Crippen LogP contribution >= 0.6 is 11.3 Å². The van der Waals surface area contributed by atoms with Gasteiger partial charge in [0, 0.05) is 39.8 Å². The zero-order valence-electron chi connectivity index (χ0n) is 33.7. The van der Waals surface area contributed by atoms with Crippen molar-refractivity contribution >= 4 is 43.4 Å². The van der Waals surface area contributed by atoms with Crippen molar-refractivity contribution in [1.82, 2.24) is 0 Å². The van der Waals surface area contributed by atoms with E-state index in [2.05, 4.69) is 175 Å². The molecule has 6 heterocycles. The van der Waals surface area contributed by atoms with E-state index in [-0.39, 0.29) is 28.8 Å². The molecular formula is C52H48N2OS+2. The maximum Gasteiger partial charge on any atom is 0.217 e. The van der Waals surface area contributed by atoms with Crippen molar-refractivity contribution in [2.24, 2.45) is 5.92 Å². The first-order valence-corrected chi connectivity index (χ1v) is 21.0. The highest BCUT2D eigenvalue weighted by molar-refractivity contribution is 7.20. The second-order valence-corrected chi connectivity index (χ2v) is 19.3. The number of hydrogen-bond acceptors (Lipinski definition) is 2. The Morgan fingerprint density at radius 1 is 0.768 bits per heavy atom. The molecule has 1 aliphatic carbocycles. The lowest BCUT2D eigenvalue weighted by Crippen LogP contribution is -2.80. The number of benzene rings is 4. The summed E-state index contributed by atoms with van der Waals surface area (Å²) in [7, 11) is 0. The topological polar surface area (TPSA) is 20.9 Å². The van der Waals surface area contributed by atoms with Gasteiger partial charge in [-0.15, -0.1) is 17.9 Å². The van der Waals surface area contributed by atoms with Gasteiger partial charge in [0.1, 0.15) is 17.4 Å². The molecule has 2 aliphatic heterocycles. The number of aromatic nitrogens is 2. The second kappa shape index (κ2) is 11.4. The molecule has 3 nitrogen and oxygen atoms in total. The van der Waals surface area contributed by atoms with Gasteiger partial charge >= 0.3 is 0 Å². The van der Waals surface area contributed by atoms with Crippen molar-refractivity contribution in [1.29, 1.82) is 0 Å². The molecule has 3 aliphatic rings. The summed E-state index contributed by atoms with van der Waals surface area (Å²) in [4.78, 5) is 1.35. The van der Waals surface area contributed by atoms with Gasteiger partial charge in [0.2, 0.25) is 11.4 Å². The molecule has 8 aromatic rings. The minimum Gasteiger partial charge on any atom is -0.454 e. The Hall–Kier alpha value is -5.32. The third kappa shape index (κ3) is 4.23. The molecule has 1 fully saturated rings. The number of pyridine rings is 2. The molecule has 4 aromatic carbocycles. The molecule has 0 saturated heterocycles. The Kier molecular flexibility index (Phi) is 6.91. The highest BCUT2D eigenvalue weighted by Crippen LogP contribution is 2.65. The summed E-state index contributed by atoms with van der Waals surface area (Å²) in [5.74, 6) is 0.407. The van der Waals surface area contributed by atoms with Gasteiger partial charge in [-0.2, -0.15) is 9.13 Å². The van der Waals surface area contributed by atoms with E-state index < -0.39 is 0 Å². The van der Waals surface area contributed by atoms with Gasteiger partial charge in [0.25, 0.3) is 0 Å². The Balaban J connectivity index is 1.28. The van der Waals surface area contributed by atoms with E-state index in [4.69, 9.17) is 4.42 Å². The number of allylic oxidation sites excluding steroid dienone is 1. The second-order valence-electron chi connectivity index (χ2n) is 18.0. The minimum atomic E-state index is -0.296. The quantitative estimate of drug-likeness (QED) is 0.127. The summed E-state index contributed by atoms with van der Waals surface area (Å²) in [6, 6.07) is 32.7. The largest absolute Gasteiger partial charge is 0.454 e. The van der Waals surface area contributed by atoms with Crippen LogP contribution < -0.4 is 9.13 Å². The van der Waals surface area contributed by atoms with Crippen molar-refractivity contribution in [3.05, 3.63) is 154 Å². The van der Waals surface area contributed by atoms with E-state index in [1.165, 1.54) is 98.3 Å². The Labute approximate surface area is 333 Å². The molecule has 1 spiro atoms. The number of furan rings is 1. The van der Waals surface area contributed by atoms with Gasteiger partial charge in [0.15, 0.2) is 29.6 Å². The van der Waals surface area contributed by atoms with Crippen molar-refractivity contribution in [2.75, 3.05) is 0 Å². The standard InChI is InChI=1S/C52H48N2OS/c1-10-40-47-46(36-17-12-11-16-35(36)42-23-18-28(2)26-53(42)47)52(40)25-33-19-20-37-38-22-21-34-31(5)32(6)56-50(34)49(38)55-48(37)45(33)43-24-41(51(7,8)9)39(27-54(43)52)44-29(3)14-13-15-30(44)4/h10-24,26-27,40,46-47H,1,25H2,2-9H3/q+2. The number of aryl methyl sites for hydroxylation is 5. The van der Waals surface area contributed by atoms with Gasteiger partial charge < -0.3 is 4.42 Å². The summed E-state index contributed by atoms with van der Waals surface area (Å²) in [6.45, 7) is 23.0. The van der Waals surface area contributed by atoms with Crippen LogP contribution in [0.3, 0.4) is 0 Å². The van der Waals surface area contributed by atoms with Gasteiger partial charge in [-0.25, -0.2) is 0 Å². The Morgan fingerprint density at radius 3 is 2.27 bits per heavy atom.